The average Bonchev–Trinajstić information content (AvgIpc) is 2.38. The van der Waals surface area contributed by atoms with Crippen LogP contribution < -0.4 is 10.1 Å². The van der Waals surface area contributed by atoms with Crippen LogP contribution >= 0.6 is 0 Å². The maximum absolute atomic E-state index is 12.3. The molecule has 0 saturated carbocycles. The van der Waals surface area contributed by atoms with Crippen molar-refractivity contribution in [2.45, 2.75) is 18.8 Å². The van der Waals surface area contributed by atoms with E-state index in [9.17, 15) is 26.7 Å². The zero-order valence-electron chi connectivity index (χ0n) is 10.8. The molecule has 0 heterocycles. The lowest BCUT2D eigenvalue weighted by Gasteiger charge is -2.20. The van der Waals surface area contributed by atoms with Crippen molar-refractivity contribution in [3.63, 3.8) is 0 Å². The third-order valence-electron chi connectivity index (χ3n) is 2.39. The molecule has 0 aliphatic rings. The molecule has 1 rings (SSSR count). The zero-order valence-corrected chi connectivity index (χ0v) is 10.8. The number of nitrogens with one attached hydrogen (secondary N) is 1. The van der Waals surface area contributed by atoms with Gasteiger partial charge < -0.3 is 9.47 Å². The van der Waals surface area contributed by atoms with Crippen LogP contribution in [0.4, 0.5) is 22.0 Å². The minimum absolute atomic E-state index is 0.172. The van der Waals surface area contributed by atoms with Crippen molar-refractivity contribution in [1.82, 2.24) is 5.32 Å². The molecule has 1 N–H and O–H groups in total. The first-order chi connectivity index (χ1) is 9.74. The normalized spacial score (nSPS) is 13.1. The largest absolute Gasteiger partial charge is 0.468 e. The van der Waals surface area contributed by atoms with E-state index in [2.05, 4.69) is 9.47 Å². The van der Waals surface area contributed by atoms with Crippen molar-refractivity contribution in [3.05, 3.63) is 29.8 Å². The van der Waals surface area contributed by atoms with E-state index in [1.54, 1.807) is 0 Å². The molecule has 0 fully saturated rings. The van der Waals surface area contributed by atoms with Crippen LogP contribution in [0.2, 0.25) is 0 Å². The predicted molar refractivity (Wildman–Crippen MR) is 61.9 cm³/mol. The second kappa shape index (κ2) is 7.21. The van der Waals surface area contributed by atoms with Gasteiger partial charge in [-0.2, -0.15) is 22.0 Å². The number of esters is 1. The van der Waals surface area contributed by atoms with E-state index < -0.39 is 37.1 Å². The van der Waals surface area contributed by atoms with Gasteiger partial charge in [0, 0.05) is 5.56 Å². The molecule has 0 bridgehead atoms. The van der Waals surface area contributed by atoms with Crippen LogP contribution in [0.25, 0.3) is 0 Å². The maximum Gasteiger partial charge on any atom is 0.401 e. The van der Waals surface area contributed by atoms with Gasteiger partial charge >= 0.3 is 18.8 Å². The Kier molecular flexibility index (Phi) is 5.89. The van der Waals surface area contributed by atoms with E-state index >= 15 is 0 Å². The Labute approximate surface area is 116 Å². The van der Waals surface area contributed by atoms with Gasteiger partial charge in [0.05, 0.1) is 13.7 Å². The van der Waals surface area contributed by atoms with E-state index in [1.165, 1.54) is 18.2 Å². The highest BCUT2D eigenvalue weighted by molar-refractivity contribution is 5.78. The second-order valence-electron chi connectivity index (χ2n) is 3.87. The van der Waals surface area contributed by atoms with Gasteiger partial charge in [-0.3, -0.25) is 5.32 Å². The van der Waals surface area contributed by atoms with E-state index in [1.807, 2.05) is 5.32 Å². The summed E-state index contributed by atoms with van der Waals surface area (Å²) in [5.74, 6) is -1.46. The van der Waals surface area contributed by atoms with Gasteiger partial charge in [-0.05, 0) is 6.07 Å². The molecule has 1 atom stereocenters. The molecule has 118 valence electrons. The molecule has 1 aromatic carbocycles. The molecule has 1 aromatic rings. The first kappa shape index (κ1) is 17.2. The molecular formula is C12H12F5NO3. The van der Waals surface area contributed by atoms with E-state index in [0.29, 0.717) is 0 Å². The Morgan fingerprint density at radius 1 is 1.29 bits per heavy atom. The molecule has 0 amide bonds. The lowest BCUT2D eigenvalue weighted by molar-refractivity contribution is -0.147. The fourth-order valence-electron chi connectivity index (χ4n) is 1.58. The number of rotatable bonds is 6. The summed E-state index contributed by atoms with van der Waals surface area (Å²) in [6.07, 6.45) is -4.58. The Bertz CT molecular complexity index is 478. The molecule has 1 unspecified atom stereocenters. The average molecular weight is 313 g/mol. The summed E-state index contributed by atoms with van der Waals surface area (Å²) in [6, 6.07) is 3.46. The number of methoxy groups -OCH3 is 1. The van der Waals surface area contributed by atoms with Crippen LogP contribution in [-0.4, -0.2) is 32.4 Å². The minimum Gasteiger partial charge on any atom is -0.468 e. The molecule has 0 saturated heterocycles. The fraction of sp³-hybridized carbons (Fsp3) is 0.417. The van der Waals surface area contributed by atoms with Crippen LogP contribution in [0.15, 0.2) is 24.3 Å². The van der Waals surface area contributed by atoms with Crippen molar-refractivity contribution in [1.29, 1.82) is 0 Å². The third-order valence-corrected chi connectivity index (χ3v) is 2.39. The first-order valence-electron chi connectivity index (χ1n) is 5.66. The Morgan fingerprint density at radius 3 is 2.43 bits per heavy atom. The van der Waals surface area contributed by atoms with Crippen molar-refractivity contribution < 1.29 is 36.2 Å². The summed E-state index contributed by atoms with van der Waals surface area (Å²) < 4.78 is 69.9. The summed E-state index contributed by atoms with van der Waals surface area (Å²) in [4.78, 5) is 11.6. The van der Waals surface area contributed by atoms with Crippen molar-refractivity contribution in [2.75, 3.05) is 13.7 Å². The van der Waals surface area contributed by atoms with E-state index in [0.717, 1.165) is 13.2 Å². The summed E-state index contributed by atoms with van der Waals surface area (Å²) in [5.41, 5.74) is -0.172. The molecule has 4 nitrogen and oxygen atoms in total. The zero-order chi connectivity index (χ0) is 16.0. The molecule has 0 radical (unpaired) electrons. The van der Waals surface area contributed by atoms with Gasteiger partial charge in [0.1, 0.15) is 11.8 Å². The maximum atomic E-state index is 12.3. The monoisotopic (exact) mass is 313 g/mol. The summed E-state index contributed by atoms with van der Waals surface area (Å²) >= 11 is 0. The molecular weight excluding hydrogens is 301 g/mol. The number of benzene rings is 1. The van der Waals surface area contributed by atoms with Gasteiger partial charge in [0.15, 0.2) is 0 Å². The van der Waals surface area contributed by atoms with Crippen LogP contribution in [0.5, 0.6) is 5.75 Å². The highest BCUT2D eigenvalue weighted by Crippen LogP contribution is 2.28. The highest BCUT2D eigenvalue weighted by atomic mass is 19.4. The van der Waals surface area contributed by atoms with Crippen LogP contribution in [0.1, 0.15) is 11.6 Å². The number of para-hydroxylation sites is 1. The minimum atomic E-state index is -4.58. The van der Waals surface area contributed by atoms with Gasteiger partial charge in [-0.25, -0.2) is 4.79 Å². The van der Waals surface area contributed by atoms with Crippen LogP contribution in [0.3, 0.4) is 0 Å². The standard InChI is InChI=1S/C12H12F5NO3/c1-20-10(19)9(18-6-12(15,16)17)7-4-2-3-5-8(7)21-11(13)14/h2-5,9,11,18H,6H2,1H3. The second-order valence-corrected chi connectivity index (χ2v) is 3.87. The molecule has 0 aromatic heterocycles. The third kappa shape index (κ3) is 5.54. The smallest absolute Gasteiger partial charge is 0.401 e. The van der Waals surface area contributed by atoms with E-state index in [-0.39, 0.29) is 5.56 Å². The quantitative estimate of drug-likeness (QED) is 0.648. The number of halogens is 5. The van der Waals surface area contributed by atoms with Crippen LogP contribution in [-0.2, 0) is 9.53 Å². The van der Waals surface area contributed by atoms with Gasteiger partial charge in [0.2, 0.25) is 0 Å². The fourth-order valence-corrected chi connectivity index (χ4v) is 1.58. The number of ether oxygens (including phenoxy) is 2. The number of carbonyl (C=O) groups excluding carboxylic acids is 1. The lowest BCUT2D eigenvalue weighted by Crippen LogP contribution is -2.36. The molecule has 9 heteroatoms. The molecule has 0 aliphatic heterocycles. The summed E-state index contributed by atoms with van der Waals surface area (Å²) in [7, 11) is 0.973. The number of carbonyl (C=O) groups is 1. The number of hydrogen-bond donors (Lipinski definition) is 1. The van der Waals surface area contributed by atoms with Crippen molar-refractivity contribution >= 4 is 5.97 Å². The van der Waals surface area contributed by atoms with Crippen molar-refractivity contribution in [3.8, 4) is 5.75 Å². The molecule has 0 spiro atoms. The molecule has 21 heavy (non-hydrogen) atoms. The molecule has 0 aliphatic carbocycles. The lowest BCUT2D eigenvalue weighted by atomic mass is 10.1. The number of alkyl halides is 5. The predicted octanol–water partition coefficient (Wildman–Crippen LogP) is 2.65. The van der Waals surface area contributed by atoms with Crippen molar-refractivity contribution in [2.24, 2.45) is 0 Å². The highest BCUT2D eigenvalue weighted by Gasteiger charge is 2.32. The van der Waals surface area contributed by atoms with Crippen LogP contribution in [0, 0.1) is 0 Å². The summed E-state index contributed by atoms with van der Waals surface area (Å²) in [5, 5.41) is 1.92. The summed E-state index contributed by atoms with van der Waals surface area (Å²) in [6.45, 7) is -4.66. The SMILES string of the molecule is COC(=O)C(NCC(F)(F)F)c1ccccc1OC(F)F. The Morgan fingerprint density at radius 2 is 1.90 bits per heavy atom. The number of hydrogen-bond acceptors (Lipinski definition) is 4. The Hall–Kier alpha value is -1.90. The topological polar surface area (TPSA) is 47.6 Å². The van der Waals surface area contributed by atoms with Gasteiger partial charge in [-0.15, -0.1) is 0 Å². The Balaban J connectivity index is 3.05. The van der Waals surface area contributed by atoms with Gasteiger partial charge in [-0.1, -0.05) is 18.2 Å². The van der Waals surface area contributed by atoms with E-state index in [4.69, 9.17) is 0 Å². The first-order valence-corrected chi connectivity index (χ1v) is 5.66. The van der Waals surface area contributed by atoms with Gasteiger partial charge in [0.25, 0.3) is 0 Å².